The van der Waals surface area contributed by atoms with Gasteiger partial charge < -0.3 is 19.9 Å². The molecular formula is C22H29ClN3O2+. The highest BCUT2D eigenvalue weighted by atomic mass is 35.5. The van der Waals surface area contributed by atoms with E-state index in [9.17, 15) is 4.79 Å². The van der Waals surface area contributed by atoms with Gasteiger partial charge in [-0.15, -0.1) is 0 Å². The Hall–Kier alpha value is -2.24. The number of anilines is 1. The number of ether oxygens (including phenoxy) is 1. The topological polar surface area (TPSA) is 46.0 Å². The lowest BCUT2D eigenvalue weighted by Crippen LogP contribution is -3.15. The summed E-state index contributed by atoms with van der Waals surface area (Å²) in [6.45, 7) is 8.78. The van der Waals surface area contributed by atoms with Gasteiger partial charge in [0.15, 0.2) is 6.54 Å². The molecule has 5 nitrogen and oxygen atoms in total. The maximum atomic E-state index is 12.5. The summed E-state index contributed by atoms with van der Waals surface area (Å²) in [5.74, 6) is 0.991. The number of para-hydroxylation sites is 2. The Balaban J connectivity index is 1.50. The summed E-state index contributed by atoms with van der Waals surface area (Å²) in [6.07, 6.45) is 0. The first-order valence-electron chi connectivity index (χ1n) is 9.92. The molecule has 1 fully saturated rings. The van der Waals surface area contributed by atoms with Gasteiger partial charge in [-0.3, -0.25) is 4.79 Å². The molecule has 1 aliphatic heterocycles. The maximum Gasteiger partial charge on any atom is 0.275 e. The number of carbonyl (C=O) groups excluding carboxylic acids is 1. The van der Waals surface area contributed by atoms with Gasteiger partial charge in [-0.2, -0.15) is 0 Å². The average molecular weight is 403 g/mol. The molecule has 28 heavy (non-hydrogen) atoms. The second kappa shape index (κ2) is 9.80. The van der Waals surface area contributed by atoms with Crippen molar-refractivity contribution in [3.8, 4) is 5.75 Å². The first-order valence-corrected chi connectivity index (χ1v) is 10.3. The fourth-order valence-corrected chi connectivity index (χ4v) is 3.96. The summed E-state index contributed by atoms with van der Waals surface area (Å²) >= 11 is 6.23. The Bertz CT molecular complexity index is 791. The van der Waals surface area contributed by atoms with E-state index in [1.807, 2.05) is 56.3 Å². The SMILES string of the molecule is CCOc1ccccc1N1CC[NH+](CC(=O)N[C@H](C)c2ccccc2Cl)CC1. The zero-order chi connectivity index (χ0) is 19.9. The molecule has 2 aromatic rings. The second-order valence-electron chi connectivity index (χ2n) is 7.13. The van der Waals surface area contributed by atoms with E-state index >= 15 is 0 Å². The largest absolute Gasteiger partial charge is 0.492 e. The van der Waals surface area contributed by atoms with Crippen LogP contribution in [-0.2, 0) is 4.79 Å². The van der Waals surface area contributed by atoms with Crippen molar-refractivity contribution in [2.45, 2.75) is 19.9 Å². The molecule has 3 rings (SSSR count). The molecule has 150 valence electrons. The zero-order valence-electron chi connectivity index (χ0n) is 16.6. The van der Waals surface area contributed by atoms with Crippen molar-refractivity contribution < 1.29 is 14.4 Å². The Labute approximate surface area is 172 Å². The van der Waals surface area contributed by atoms with Crippen LogP contribution < -0.4 is 19.9 Å². The molecule has 1 amide bonds. The van der Waals surface area contributed by atoms with E-state index < -0.39 is 0 Å². The standard InChI is InChI=1S/C22H28ClN3O2/c1-3-28-21-11-7-6-10-20(21)26-14-12-25(13-15-26)16-22(27)24-17(2)18-8-4-5-9-19(18)23/h4-11,17H,3,12-16H2,1-2H3,(H,24,27)/p+1/t17-/m1/s1. The fraction of sp³-hybridized carbons (Fsp3) is 0.409. The van der Waals surface area contributed by atoms with Crippen molar-refractivity contribution in [1.82, 2.24) is 5.32 Å². The predicted octanol–water partition coefficient (Wildman–Crippen LogP) is 2.32. The van der Waals surface area contributed by atoms with E-state index in [1.54, 1.807) is 0 Å². The molecule has 1 heterocycles. The highest BCUT2D eigenvalue weighted by Crippen LogP contribution is 2.27. The van der Waals surface area contributed by atoms with Crippen LogP contribution in [0.25, 0.3) is 0 Å². The lowest BCUT2D eigenvalue weighted by atomic mass is 10.1. The highest BCUT2D eigenvalue weighted by Gasteiger charge is 2.24. The fourth-order valence-electron chi connectivity index (χ4n) is 3.66. The third-order valence-corrected chi connectivity index (χ3v) is 5.48. The molecule has 1 saturated heterocycles. The Morgan fingerprint density at radius 3 is 2.57 bits per heavy atom. The molecule has 2 N–H and O–H groups in total. The molecule has 0 spiro atoms. The van der Waals surface area contributed by atoms with Crippen molar-refractivity contribution in [2.75, 3.05) is 44.2 Å². The number of hydrogen-bond donors (Lipinski definition) is 2. The number of halogens is 1. The number of nitrogens with zero attached hydrogens (tertiary/aromatic N) is 1. The van der Waals surface area contributed by atoms with Gasteiger partial charge in [0.05, 0.1) is 44.5 Å². The van der Waals surface area contributed by atoms with E-state index in [-0.39, 0.29) is 11.9 Å². The van der Waals surface area contributed by atoms with Gasteiger partial charge in [-0.25, -0.2) is 0 Å². The van der Waals surface area contributed by atoms with Crippen LogP contribution in [0.5, 0.6) is 5.75 Å². The first-order chi connectivity index (χ1) is 13.6. The molecule has 0 bridgehead atoms. The van der Waals surface area contributed by atoms with Crippen molar-refractivity contribution >= 4 is 23.2 Å². The molecule has 6 heteroatoms. The van der Waals surface area contributed by atoms with Gasteiger partial charge in [0.25, 0.3) is 5.91 Å². The predicted molar refractivity (Wildman–Crippen MR) is 113 cm³/mol. The molecular weight excluding hydrogens is 374 g/mol. The minimum absolute atomic E-state index is 0.0607. The summed E-state index contributed by atoms with van der Waals surface area (Å²) in [6, 6.07) is 15.7. The van der Waals surface area contributed by atoms with E-state index in [2.05, 4.69) is 16.3 Å². The van der Waals surface area contributed by atoms with Gasteiger partial charge >= 0.3 is 0 Å². The molecule has 1 atom stereocenters. The number of rotatable bonds is 7. The number of carbonyl (C=O) groups is 1. The molecule has 0 saturated carbocycles. The highest BCUT2D eigenvalue weighted by molar-refractivity contribution is 6.31. The molecule has 1 aliphatic rings. The lowest BCUT2D eigenvalue weighted by molar-refractivity contribution is -0.892. The summed E-state index contributed by atoms with van der Waals surface area (Å²) in [7, 11) is 0. The van der Waals surface area contributed by atoms with Gasteiger partial charge in [-0.05, 0) is 37.6 Å². The minimum atomic E-state index is -0.0973. The van der Waals surface area contributed by atoms with Crippen molar-refractivity contribution in [2.24, 2.45) is 0 Å². The molecule has 0 unspecified atom stereocenters. The van der Waals surface area contributed by atoms with Crippen LogP contribution in [0.1, 0.15) is 25.5 Å². The molecule has 0 radical (unpaired) electrons. The number of hydrogen-bond acceptors (Lipinski definition) is 3. The molecule has 0 aromatic heterocycles. The smallest absolute Gasteiger partial charge is 0.275 e. The van der Waals surface area contributed by atoms with E-state index in [4.69, 9.17) is 16.3 Å². The molecule has 0 aliphatic carbocycles. The van der Waals surface area contributed by atoms with Crippen molar-refractivity contribution in [3.05, 3.63) is 59.1 Å². The van der Waals surface area contributed by atoms with Crippen molar-refractivity contribution in [3.63, 3.8) is 0 Å². The Morgan fingerprint density at radius 2 is 1.86 bits per heavy atom. The van der Waals surface area contributed by atoms with Crippen LogP contribution in [0.4, 0.5) is 5.69 Å². The van der Waals surface area contributed by atoms with Crippen LogP contribution in [0.15, 0.2) is 48.5 Å². The summed E-state index contributed by atoms with van der Waals surface area (Å²) in [5.41, 5.74) is 2.09. The summed E-state index contributed by atoms with van der Waals surface area (Å²) in [5, 5.41) is 3.76. The summed E-state index contributed by atoms with van der Waals surface area (Å²) in [4.78, 5) is 16.1. The van der Waals surface area contributed by atoms with Crippen molar-refractivity contribution in [1.29, 1.82) is 0 Å². The van der Waals surface area contributed by atoms with Crippen LogP contribution in [-0.4, -0.2) is 45.2 Å². The van der Waals surface area contributed by atoms with E-state index in [0.29, 0.717) is 18.2 Å². The van der Waals surface area contributed by atoms with Gasteiger partial charge in [-0.1, -0.05) is 41.9 Å². The van der Waals surface area contributed by atoms with E-state index in [0.717, 1.165) is 43.2 Å². The number of quaternary nitrogens is 1. The number of amides is 1. The maximum absolute atomic E-state index is 12.5. The van der Waals surface area contributed by atoms with E-state index in [1.165, 1.54) is 4.90 Å². The molecule has 2 aromatic carbocycles. The Morgan fingerprint density at radius 1 is 1.18 bits per heavy atom. The average Bonchev–Trinajstić information content (AvgIpc) is 2.69. The van der Waals surface area contributed by atoms with Crippen LogP contribution >= 0.6 is 11.6 Å². The van der Waals surface area contributed by atoms with Crippen LogP contribution in [0, 0.1) is 0 Å². The lowest BCUT2D eigenvalue weighted by Gasteiger charge is -2.34. The van der Waals surface area contributed by atoms with Gasteiger partial charge in [0.1, 0.15) is 5.75 Å². The summed E-state index contributed by atoms with van der Waals surface area (Å²) < 4.78 is 5.75. The Kier molecular flexibility index (Phi) is 7.18. The third kappa shape index (κ3) is 5.18. The third-order valence-electron chi connectivity index (χ3n) is 5.14. The van der Waals surface area contributed by atoms with Crippen LogP contribution in [0.2, 0.25) is 5.02 Å². The normalized spacial score (nSPS) is 15.9. The van der Waals surface area contributed by atoms with Crippen LogP contribution in [0.3, 0.4) is 0 Å². The monoisotopic (exact) mass is 402 g/mol. The quantitative estimate of drug-likeness (QED) is 0.747. The number of piperazine rings is 1. The second-order valence-corrected chi connectivity index (χ2v) is 7.53. The minimum Gasteiger partial charge on any atom is -0.492 e. The number of benzene rings is 2. The van der Waals surface area contributed by atoms with Gasteiger partial charge in [0, 0.05) is 5.02 Å². The zero-order valence-corrected chi connectivity index (χ0v) is 17.3. The number of nitrogens with one attached hydrogen (secondary N) is 2. The van der Waals surface area contributed by atoms with Gasteiger partial charge in [0.2, 0.25) is 0 Å². The first kappa shape index (κ1) is 20.5.